The van der Waals surface area contributed by atoms with Crippen LogP contribution >= 0.6 is 11.6 Å². The predicted molar refractivity (Wildman–Crippen MR) is 124 cm³/mol. The number of anilines is 1. The maximum absolute atomic E-state index is 12.3. The van der Waals surface area contributed by atoms with E-state index in [4.69, 9.17) is 25.5 Å². The molecule has 2 aromatic carbocycles. The molecule has 1 saturated heterocycles. The molecule has 7 nitrogen and oxygen atoms in total. The van der Waals surface area contributed by atoms with Gasteiger partial charge in [0, 0.05) is 42.3 Å². The van der Waals surface area contributed by atoms with Gasteiger partial charge in [-0.05, 0) is 43.2 Å². The standard InChI is InChI=1S/C24H25ClN2O5/c1-15-16(2)24(29)32-21-12-22(20(25)11-19(15)21)31-14-23(28)26-18-5-3-17(4-6-18)13-27-7-9-30-10-8-27/h3-6,11-12H,7-10,13-14H2,1-2H3,(H,26,28). The number of nitrogens with zero attached hydrogens (tertiary/aromatic N) is 1. The lowest BCUT2D eigenvalue weighted by Gasteiger charge is -2.26. The highest BCUT2D eigenvalue weighted by molar-refractivity contribution is 6.32. The minimum Gasteiger partial charge on any atom is -0.482 e. The summed E-state index contributed by atoms with van der Waals surface area (Å²) in [6.07, 6.45) is 0. The molecule has 0 spiro atoms. The first kappa shape index (κ1) is 22.3. The van der Waals surface area contributed by atoms with Crippen molar-refractivity contribution in [3.05, 3.63) is 68.5 Å². The maximum atomic E-state index is 12.3. The van der Waals surface area contributed by atoms with Crippen molar-refractivity contribution in [2.75, 3.05) is 38.2 Å². The van der Waals surface area contributed by atoms with E-state index in [-0.39, 0.29) is 18.3 Å². The highest BCUT2D eigenvalue weighted by Gasteiger charge is 2.14. The minimum atomic E-state index is -0.405. The number of fused-ring (bicyclic) bond motifs is 1. The van der Waals surface area contributed by atoms with E-state index in [1.54, 1.807) is 19.1 Å². The average Bonchev–Trinajstić information content (AvgIpc) is 2.79. The van der Waals surface area contributed by atoms with Gasteiger partial charge in [0.2, 0.25) is 0 Å². The Morgan fingerprint density at radius 2 is 1.84 bits per heavy atom. The molecule has 0 atom stereocenters. The van der Waals surface area contributed by atoms with Crippen LogP contribution in [-0.4, -0.2) is 43.7 Å². The van der Waals surface area contributed by atoms with Gasteiger partial charge in [0.1, 0.15) is 11.3 Å². The van der Waals surface area contributed by atoms with Crippen LogP contribution in [-0.2, 0) is 16.1 Å². The summed E-state index contributed by atoms with van der Waals surface area (Å²) < 4.78 is 16.3. The van der Waals surface area contributed by atoms with Crippen molar-refractivity contribution < 1.29 is 18.7 Å². The maximum Gasteiger partial charge on any atom is 0.339 e. The fraction of sp³-hybridized carbons (Fsp3) is 0.333. The summed E-state index contributed by atoms with van der Waals surface area (Å²) in [5.74, 6) is -0.0368. The number of carbonyl (C=O) groups is 1. The van der Waals surface area contributed by atoms with E-state index < -0.39 is 5.63 Å². The topological polar surface area (TPSA) is 81.0 Å². The molecule has 0 aliphatic carbocycles. The molecule has 0 unspecified atom stereocenters. The lowest BCUT2D eigenvalue weighted by Crippen LogP contribution is -2.35. The monoisotopic (exact) mass is 456 g/mol. The van der Waals surface area contributed by atoms with Crippen LogP contribution in [0.5, 0.6) is 5.75 Å². The number of hydrogen-bond acceptors (Lipinski definition) is 6. The third kappa shape index (κ3) is 5.12. The molecule has 4 rings (SSSR count). The Labute approximate surface area is 190 Å². The number of halogens is 1. The van der Waals surface area contributed by atoms with Crippen molar-refractivity contribution in [2.45, 2.75) is 20.4 Å². The van der Waals surface area contributed by atoms with Gasteiger partial charge in [-0.15, -0.1) is 0 Å². The fourth-order valence-electron chi connectivity index (χ4n) is 3.61. The summed E-state index contributed by atoms with van der Waals surface area (Å²) in [7, 11) is 0. The fourth-order valence-corrected chi connectivity index (χ4v) is 3.82. The summed E-state index contributed by atoms with van der Waals surface area (Å²) in [6.45, 7) is 7.56. The molecule has 1 aromatic heterocycles. The highest BCUT2D eigenvalue weighted by atomic mass is 35.5. The molecule has 1 fully saturated rings. The first-order valence-electron chi connectivity index (χ1n) is 10.5. The zero-order chi connectivity index (χ0) is 22.7. The van der Waals surface area contributed by atoms with Crippen LogP contribution < -0.4 is 15.7 Å². The Morgan fingerprint density at radius 1 is 1.12 bits per heavy atom. The normalized spacial score (nSPS) is 14.5. The average molecular weight is 457 g/mol. The summed E-state index contributed by atoms with van der Waals surface area (Å²) in [4.78, 5) is 26.6. The second-order valence-corrected chi connectivity index (χ2v) is 8.25. The molecular formula is C24H25ClN2O5. The Bertz CT molecular complexity index is 1180. The van der Waals surface area contributed by atoms with Gasteiger partial charge in [0.05, 0.1) is 18.2 Å². The summed E-state index contributed by atoms with van der Waals surface area (Å²) in [6, 6.07) is 11.0. The van der Waals surface area contributed by atoms with Crippen molar-refractivity contribution in [3.8, 4) is 5.75 Å². The smallest absolute Gasteiger partial charge is 0.339 e. The molecule has 1 N–H and O–H groups in total. The summed E-state index contributed by atoms with van der Waals surface area (Å²) >= 11 is 6.32. The van der Waals surface area contributed by atoms with Gasteiger partial charge < -0.3 is 19.2 Å². The van der Waals surface area contributed by atoms with E-state index in [2.05, 4.69) is 10.2 Å². The van der Waals surface area contributed by atoms with Crippen LogP contribution in [0.3, 0.4) is 0 Å². The molecular weight excluding hydrogens is 432 g/mol. The number of nitrogens with one attached hydrogen (secondary N) is 1. The van der Waals surface area contributed by atoms with Gasteiger partial charge in [-0.3, -0.25) is 9.69 Å². The third-order valence-electron chi connectivity index (χ3n) is 5.62. The van der Waals surface area contributed by atoms with Crippen LogP contribution in [0.4, 0.5) is 5.69 Å². The number of carbonyl (C=O) groups excluding carboxylic acids is 1. The lowest BCUT2D eigenvalue weighted by atomic mass is 10.1. The molecule has 0 saturated carbocycles. The Kier molecular flexibility index (Phi) is 6.79. The largest absolute Gasteiger partial charge is 0.482 e. The van der Waals surface area contributed by atoms with Gasteiger partial charge in [0.25, 0.3) is 5.91 Å². The van der Waals surface area contributed by atoms with E-state index in [0.29, 0.717) is 21.9 Å². The Balaban J connectivity index is 1.36. The van der Waals surface area contributed by atoms with Crippen LogP contribution in [0.1, 0.15) is 16.7 Å². The van der Waals surface area contributed by atoms with Crippen molar-refractivity contribution in [3.63, 3.8) is 0 Å². The molecule has 0 radical (unpaired) electrons. The molecule has 2 heterocycles. The summed E-state index contributed by atoms with van der Waals surface area (Å²) in [5, 5.41) is 3.89. The SMILES string of the molecule is Cc1c(C)c2cc(Cl)c(OCC(=O)Nc3ccc(CN4CCOCC4)cc3)cc2oc1=O. The highest BCUT2D eigenvalue weighted by Crippen LogP contribution is 2.31. The van der Waals surface area contributed by atoms with Crippen LogP contribution in [0.25, 0.3) is 11.0 Å². The third-order valence-corrected chi connectivity index (χ3v) is 5.91. The van der Waals surface area contributed by atoms with Gasteiger partial charge in [0.15, 0.2) is 6.61 Å². The lowest BCUT2D eigenvalue weighted by molar-refractivity contribution is -0.118. The molecule has 3 aromatic rings. The number of aryl methyl sites for hydroxylation is 1. The number of morpholine rings is 1. The number of ether oxygens (including phenoxy) is 2. The zero-order valence-corrected chi connectivity index (χ0v) is 18.8. The molecule has 1 aliphatic rings. The van der Waals surface area contributed by atoms with E-state index in [1.807, 2.05) is 31.2 Å². The van der Waals surface area contributed by atoms with Gasteiger partial charge >= 0.3 is 5.63 Å². The van der Waals surface area contributed by atoms with Crippen LogP contribution in [0, 0.1) is 13.8 Å². The number of rotatable bonds is 6. The molecule has 0 bridgehead atoms. The minimum absolute atomic E-state index is 0.226. The van der Waals surface area contributed by atoms with E-state index in [9.17, 15) is 9.59 Å². The molecule has 1 amide bonds. The van der Waals surface area contributed by atoms with Crippen molar-refractivity contribution in [1.29, 1.82) is 0 Å². The van der Waals surface area contributed by atoms with Crippen LogP contribution in [0.2, 0.25) is 5.02 Å². The Morgan fingerprint density at radius 3 is 2.56 bits per heavy atom. The number of amides is 1. The molecule has 168 valence electrons. The molecule has 1 aliphatic heterocycles. The zero-order valence-electron chi connectivity index (χ0n) is 18.1. The van der Waals surface area contributed by atoms with Crippen LogP contribution in [0.15, 0.2) is 45.6 Å². The van der Waals surface area contributed by atoms with E-state index >= 15 is 0 Å². The molecule has 8 heteroatoms. The second-order valence-electron chi connectivity index (χ2n) is 7.84. The van der Waals surface area contributed by atoms with E-state index in [1.165, 1.54) is 5.56 Å². The number of hydrogen-bond donors (Lipinski definition) is 1. The van der Waals surface area contributed by atoms with E-state index in [0.717, 1.165) is 43.8 Å². The number of benzene rings is 2. The first-order valence-corrected chi connectivity index (χ1v) is 10.8. The van der Waals surface area contributed by atoms with Gasteiger partial charge in [-0.2, -0.15) is 0 Å². The predicted octanol–water partition coefficient (Wildman–Crippen LogP) is 3.91. The quantitative estimate of drug-likeness (QED) is 0.566. The summed E-state index contributed by atoms with van der Waals surface area (Å²) in [5.41, 5.74) is 3.17. The Hall–Kier alpha value is -2.87. The first-order chi connectivity index (χ1) is 15.4. The molecule has 32 heavy (non-hydrogen) atoms. The van der Waals surface area contributed by atoms with Crippen molar-refractivity contribution >= 4 is 34.2 Å². The van der Waals surface area contributed by atoms with Crippen molar-refractivity contribution in [1.82, 2.24) is 4.90 Å². The van der Waals surface area contributed by atoms with Gasteiger partial charge in [-0.1, -0.05) is 23.7 Å². The van der Waals surface area contributed by atoms with Crippen molar-refractivity contribution in [2.24, 2.45) is 0 Å². The second kappa shape index (κ2) is 9.73. The van der Waals surface area contributed by atoms with Gasteiger partial charge in [-0.25, -0.2) is 4.79 Å².